The minimum atomic E-state index is 0.649. The van der Waals surface area contributed by atoms with Crippen molar-refractivity contribution >= 4 is 0 Å². The van der Waals surface area contributed by atoms with Gasteiger partial charge in [0.25, 0.3) is 0 Å². The van der Waals surface area contributed by atoms with E-state index in [9.17, 15) is 0 Å². The minimum Gasteiger partial charge on any atom is -0.311 e. The number of nitrogens with one attached hydrogen (secondary N) is 1. The molecule has 1 saturated heterocycles. The van der Waals surface area contributed by atoms with Crippen molar-refractivity contribution in [3.05, 3.63) is 12.7 Å². The van der Waals surface area contributed by atoms with E-state index < -0.39 is 0 Å². The Balaban J connectivity index is 1.62. The molecule has 0 aromatic rings. The maximum atomic E-state index is 3.78. The van der Waals surface area contributed by atoms with E-state index in [0.29, 0.717) is 6.04 Å². The molecule has 2 aliphatic rings. The van der Waals surface area contributed by atoms with Crippen molar-refractivity contribution in [2.45, 2.75) is 63.6 Å². The molecule has 16 heavy (non-hydrogen) atoms. The molecule has 0 bridgehead atoms. The van der Waals surface area contributed by atoms with Crippen molar-refractivity contribution in [2.24, 2.45) is 0 Å². The molecule has 1 saturated carbocycles. The fourth-order valence-electron chi connectivity index (χ4n) is 2.72. The fraction of sp³-hybridized carbons (Fsp3) is 0.857. The lowest BCUT2D eigenvalue weighted by atomic mass is 10.0. The molecule has 0 amide bonds. The normalized spacial score (nSPS) is 25.6. The molecule has 2 nitrogen and oxygen atoms in total. The third kappa shape index (κ3) is 3.60. The van der Waals surface area contributed by atoms with E-state index in [1.807, 2.05) is 6.08 Å². The summed E-state index contributed by atoms with van der Waals surface area (Å²) in [7, 11) is 0. The number of piperidine rings is 1. The summed E-state index contributed by atoms with van der Waals surface area (Å²) in [6.07, 6.45) is 9.97. The Labute approximate surface area is 100 Å². The van der Waals surface area contributed by atoms with Crippen molar-refractivity contribution in [3.8, 4) is 0 Å². The summed E-state index contributed by atoms with van der Waals surface area (Å²) in [5, 5.41) is 3.76. The molecule has 0 spiro atoms. The molecule has 1 heterocycles. The number of rotatable bonds is 6. The zero-order chi connectivity index (χ0) is 11.4. The van der Waals surface area contributed by atoms with Gasteiger partial charge in [0.05, 0.1) is 0 Å². The molecule has 2 rings (SSSR count). The average Bonchev–Trinajstić information content (AvgIpc) is 3.11. The van der Waals surface area contributed by atoms with Gasteiger partial charge in [-0.15, -0.1) is 6.58 Å². The molecule has 1 aliphatic carbocycles. The molecule has 2 heteroatoms. The van der Waals surface area contributed by atoms with Crippen LogP contribution in [-0.2, 0) is 0 Å². The summed E-state index contributed by atoms with van der Waals surface area (Å²) in [4.78, 5) is 2.69. The Kier molecular flexibility index (Phi) is 4.42. The van der Waals surface area contributed by atoms with Crippen molar-refractivity contribution in [1.29, 1.82) is 0 Å². The van der Waals surface area contributed by atoms with E-state index in [1.165, 1.54) is 45.2 Å². The highest BCUT2D eigenvalue weighted by Crippen LogP contribution is 2.29. The van der Waals surface area contributed by atoms with Crippen LogP contribution in [0.3, 0.4) is 0 Å². The Morgan fingerprint density at radius 2 is 2.00 bits per heavy atom. The monoisotopic (exact) mass is 222 g/mol. The highest BCUT2D eigenvalue weighted by Gasteiger charge is 2.31. The molecular weight excluding hydrogens is 196 g/mol. The first-order valence-electron chi connectivity index (χ1n) is 6.90. The van der Waals surface area contributed by atoms with Gasteiger partial charge in [-0.1, -0.05) is 6.08 Å². The fourth-order valence-corrected chi connectivity index (χ4v) is 2.72. The molecule has 0 radical (unpaired) electrons. The standard InChI is InChI=1S/C14H26N2/c1-3-4-5-12(2)15-13-8-10-16(11-9-13)14-6-7-14/h3,12-15H,1,4-11H2,2H3/t12-/m1/s1. The van der Waals surface area contributed by atoms with Crippen LogP contribution in [-0.4, -0.2) is 36.1 Å². The highest BCUT2D eigenvalue weighted by molar-refractivity contribution is 4.89. The Morgan fingerprint density at radius 3 is 2.56 bits per heavy atom. The zero-order valence-electron chi connectivity index (χ0n) is 10.6. The van der Waals surface area contributed by atoms with Crippen LogP contribution >= 0.6 is 0 Å². The van der Waals surface area contributed by atoms with Gasteiger partial charge < -0.3 is 10.2 Å². The molecule has 92 valence electrons. The third-order valence-electron chi connectivity index (χ3n) is 3.92. The lowest BCUT2D eigenvalue weighted by molar-refractivity contribution is 0.183. The van der Waals surface area contributed by atoms with E-state index >= 15 is 0 Å². The first-order chi connectivity index (χ1) is 7.79. The van der Waals surface area contributed by atoms with Crippen LogP contribution < -0.4 is 5.32 Å². The lowest BCUT2D eigenvalue weighted by Gasteiger charge is -2.34. The smallest absolute Gasteiger partial charge is 0.00964 e. The number of nitrogens with zero attached hydrogens (tertiary/aromatic N) is 1. The van der Waals surface area contributed by atoms with E-state index in [1.54, 1.807) is 0 Å². The van der Waals surface area contributed by atoms with E-state index in [-0.39, 0.29) is 0 Å². The maximum absolute atomic E-state index is 3.78. The summed E-state index contributed by atoms with van der Waals surface area (Å²) >= 11 is 0. The quantitative estimate of drug-likeness (QED) is 0.695. The second kappa shape index (κ2) is 5.83. The first-order valence-corrected chi connectivity index (χ1v) is 6.90. The molecule has 1 N–H and O–H groups in total. The van der Waals surface area contributed by atoms with Gasteiger partial charge in [0, 0.05) is 18.1 Å². The van der Waals surface area contributed by atoms with Gasteiger partial charge in [0.1, 0.15) is 0 Å². The summed E-state index contributed by atoms with van der Waals surface area (Å²) < 4.78 is 0. The van der Waals surface area contributed by atoms with Gasteiger partial charge in [0.2, 0.25) is 0 Å². The number of allylic oxidation sites excluding steroid dienone is 1. The van der Waals surface area contributed by atoms with Crippen LogP contribution in [0.4, 0.5) is 0 Å². The average molecular weight is 222 g/mol. The largest absolute Gasteiger partial charge is 0.311 e. The zero-order valence-corrected chi connectivity index (χ0v) is 10.6. The van der Waals surface area contributed by atoms with Crippen LogP contribution in [0.1, 0.15) is 45.4 Å². The molecule has 0 aromatic heterocycles. The van der Waals surface area contributed by atoms with Gasteiger partial charge in [0.15, 0.2) is 0 Å². The summed E-state index contributed by atoms with van der Waals surface area (Å²) in [6.45, 7) is 8.72. The SMILES string of the molecule is C=CCC[C@@H](C)NC1CCN(C2CC2)CC1. The summed E-state index contributed by atoms with van der Waals surface area (Å²) in [5.41, 5.74) is 0. The highest BCUT2D eigenvalue weighted by atomic mass is 15.2. The van der Waals surface area contributed by atoms with E-state index in [0.717, 1.165) is 18.5 Å². The molecule has 2 fully saturated rings. The lowest BCUT2D eigenvalue weighted by Crippen LogP contribution is -2.46. The van der Waals surface area contributed by atoms with Gasteiger partial charge in [-0.25, -0.2) is 0 Å². The van der Waals surface area contributed by atoms with E-state index in [4.69, 9.17) is 0 Å². The van der Waals surface area contributed by atoms with Crippen LogP contribution in [0.15, 0.2) is 12.7 Å². The number of likely N-dealkylation sites (tertiary alicyclic amines) is 1. The number of hydrogen-bond acceptors (Lipinski definition) is 2. The van der Waals surface area contributed by atoms with Gasteiger partial charge in [-0.05, 0) is 58.5 Å². The predicted molar refractivity (Wildman–Crippen MR) is 69.6 cm³/mol. The second-order valence-electron chi connectivity index (χ2n) is 5.48. The second-order valence-corrected chi connectivity index (χ2v) is 5.48. The molecule has 1 aliphatic heterocycles. The first kappa shape index (κ1) is 12.1. The minimum absolute atomic E-state index is 0.649. The van der Waals surface area contributed by atoms with Gasteiger partial charge in [-0.3, -0.25) is 0 Å². The third-order valence-corrected chi connectivity index (χ3v) is 3.92. The van der Waals surface area contributed by atoms with Gasteiger partial charge in [-0.2, -0.15) is 0 Å². The Bertz CT molecular complexity index is 215. The topological polar surface area (TPSA) is 15.3 Å². The summed E-state index contributed by atoms with van der Waals surface area (Å²) in [5.74, 6) is 0. The van der Waals surface area contributed by atoms with Crippen molar-refractivity contribution in [2.75, 3.05) is 13.1 Å². The van der Waals surface area contributed by atoms with Crippen molar-refractivity contribution in [1.82, 2.24) is 10.2 Å². The van der Waals surface area contributed by atoms with Crippen LogP contribution in [0.5, 0.6) is 0 Å². The van der Waals surface area contributed by atoms with Crippen molar-refractivity contribution < 1.29 is 0 Å². The summed E-state index contributed by atoms with van der Waals surface area (Å²) in [6, 6.07) is 2.37. The molecule has 1 atom stereocenters. The molecule has 0 unspecified atom stereocenters. The van der Waals surface area contributed by atoms with Crippen LogP contribution in [0.25, 0.3) is 0 Å². The van der Waals surface area contributed by atoms with Crippen LogP contribution in [0, 0.1) is 0 Å². The maximum Gasteiger partial charge on any atom is 0.00964 e. The Morgan fingerprint density at radius 1 is 1.31 bits per heavy atom. The number of hydrogen-bond donors (Lipinski definition) is 1. The van der Waals surface area contributed by atoms with Crippen molar-refractivity contribution in [3.63, 3.8) is 0 Å². The molecule has 0 aromatic carbocycles. The predicted octanol–water partition coefficient (Wildman–Crippen LogP) is 2.56. The van der Waals surface area contributed by atoms with E-state index in [2.05, 4.69) is 23.7 Å². The molecular formula is C14H26N2. The van der Waals surface area contributed by atoms with Crippen LogP contribution in [0.2, 0.25) is 0 Å². The van der Waals surface area contributed by atoms with Gasteiger partial charge >= 0.3 is 0 Å². The Hall–Kier alpha value is -0.340.